The Kier molecular flexibility index (Phi) is 2.09. The normalized spacial score (nSPS) is 10.6. The zero-order valence-electron chi connectivity index (χ0n) is 7.07. The van der Waals surface area contributed by atoms with Gasteiger partial charge in [-0.25, -0.2) is 0 Å². The predicted octanol–water partition coefficient (Wildman–Crippen LogP) is 2.78. The van der Waals surface area contributed by atoms with E-state index < -0.39 is 0 Å². The maximum Gasteiger partial charge on any atom is 0.143 e. The van der Waals surface area contributed by atoms with Crippen LogP contribution in [-0.4, -0.2) is 7.11 Å². The average Bonchev–Trinajstić information content (AvgIpc) is 2.50. The highest BCUT2D eigenvalue weighted by Crippen LogP contribution is 2.37. The number of methoxy groups -OCH3 is 1. The van der Waals surface area contributed by atoms with Crippen molar-refractivity contribution in [2.24, 2.45) is 0 Å². The lowest BCUT2D eigenvalue weighted by Gasteiger charge is -2.04. The van der Waals surface area contributed by atoms with Crippen molar-refractivity contribution < 1.29 is 4.74 Å². The first-order valence-corrected chi connectivity index (χ1v) is 5.09. The van der Waals surface area contributed by atoms with Gasteiger partial charge >= 0.3 is 0 Å². The average molecular weight is 211 g/mol. The number of hydrogen-bond acceptors (Lipinski definition) is 4. The molecule has 13 heavy (non-hydrogen) atoms. The Bertz CT molecular complexity index is 450. The third kappa shape index (κ3) is 1.26. The standard InChI is InChI=1S/C9H9NOS2/c1-11-6-3-2-5-7(12)4-13-9(5)8(6)10/h2-4,12H,10H2,1H3. The van der Waals surface area contributed by atoms with E-state index in [0.29, 0.717) is 5.69 Å². The van der Waals surface area contributed by atoms with Crippen LogP contribution < -0.4 is 10.5 Å². The lowest BCUT2D eigenvalue weighted by atomic mass is 10.2. The fourth-order valence-corrected chi connectivity index (χ4v) is 2.58. The van der Waals surface area contributed by atoms with Gasteiger partial charge in [-0.1, -0.05) is 0 Å². The van der Waals surface area contributed by atoms with Gasteiger partial charge in [0.05, 0.1) is 17.5 Å². The molecule has 2 rings (SSSR count). The molecular weight excluding hydrogens is 202 g/mol. The Labute approximate surface area is 85.7 Å². The molecule has 0 spiro atoms. The quantitative estimate of drug-likeness (QED) is 0.562. The topological polar surface area (TPSA) is 35.2 Å². The Hall–Kier alpha value is -0.870. The van der Waals surface area contributed by atoms with Gasteiger partial charge in [0.15, 0.2) is 0 Å². The highest BCUT2D eigenvalue weighted by Gasteiger charge is 2.07. The minimum absolute atomic E-state index is 0.699. The summed E-state index contributed by atoms with van der Waals surface area (Å²) in [5.74, 6) is 0.725. The molecule has 0 amide bonds. The van der Waals surface area contributed by atoms with Gasteiger partial charge in [-0.2, -0.15) is 0 Å². The van der Waals surface area contributed by atoms with E-state index in [1.807, 2.05) is 17.5 Å². The van der Waals surface area contributed by atoms with Crippen molar-refractivity contribution in [3.05, 3.63) is 17.5 Å². The van der Waals surface area contributed by atoms with Crippen LogP contribution in [0.2, 0.25) is 0 Å². The molecule has 2 nitrogen and oxygen atoms in total. The van der Waals surface area contributed by atoms with E-state index >= 15 is 0 Å². The number of rotatable bonds is 1. The van der Waals surface area contributed by atoms with Crippen molar-refractivity contribution in [1.82, 2.24) is 0 Å². The molecule has 0 bridgehead atoms. The van der Waals surface area contributed by atoms with E-state index in [-0.39, 0.29) is 0 Å². The van der Waals surface area contributed by atoms with Crippen LogP contribution in [0.3, 0.4) is 0 Å². The van der Waals surface area contributed by atoms with Crippen LogP contribution in [0.1, 0.15) is 0 Å². The Morgan fingerprint density at radius 3 is 2.92 bits per heavy atom. The molecule has 0 atom stereocenters. The van der Waals surface area contributed by atoms with Gasteiger partial charge in [0.1, 0.15) is 5.75 Å². The zero-order valence-corrected chi connectivity index (χ0v) is 8.78. The van der Waals surface area contributed by atoms with Gasteiger partial charge in [0, 0.05) is 15.7 Å². The van der Waals surface area contributed by atoms with Crippen LogP contribution in [-0.2, 0) is 0 Å². The van der Waals surface area contributed by atoms with Crippen LogP contribution in [0.5, 0.6) is 5.75 Å². The van der Waals surface area contributed by atoms with Gasteiger partial charge in [-0.15, -0.1) is 24.0 Å². The number of ether oxygens (including phenoxy) is 1. The van der Waals surface area contributed by atoms with E-state index in [2.05, 4.69) is 12.6 Å². The Balaban J connectivity index is 2.80. The number of nitrogens with two attached hydrogens (primary N) is 1. The summed E-state index contributed by atoms with van der Waals surface area (Å²) >= 11 is 5.92. The third-order valence-corrected chi connectivity index (χ3v) is 3.51. The molecule has 0 aliphatic carbocycles. The molecule has 2 N–H and O–H groups in total. The minimum atomic E-state index is 0.699. The first kappa shape index (κ1) is 8.72. The summed E-state index contributed by atoms with van der Waals surface area (Å²) in [5.41, 5.74) is 6.59. The number of nitrogen functional groups attached to an aromatic ring is 1. The highest BCUT2D eigenvalue weighted by molar-refractivity contribution is 7.80. The van der Waals surface area contributed by atoms with Gasteiger partial charge in [-0.3, -0.25) is 0 Å². The second kappa shape index (κ2) is 3.12. The van der Waals surface area contributed by atoms with E-state index in [1.54, 1.807) is 18.4 Å². The maximum atomic E-state index is 5.89. The van der Waals surface area contributed by atoms with Crippen molar-refractivity contribution in [2.45, 2.75) is 4.90 Å². The molecular formula is C9H9NOS2. The van der Waals surface area contributed by atoms with Crippen LogP contribution in [0.15, 0.2) is 22.4 Å². The van der Waals surface area contributed by atoms with E-state index in [0.717, 1.165) is 20.7 Å². The molecule has 1 heterocycles. The lowest BCUT2D eigenvalue weighted by Crippen LogP contribution is -1.91. The van der Waals surface area contributed by atoms with Crippen LogP contribution >= 0.6 is 24.0 Å². The monoisotopic (exact) mass is 211 g/mol. The summed E-state index contributed by atoms with van der Waals surface area (Å²) in [6.07, 6.45) is 0. The summed E-state index contributed by atoms with van der Waals surface area (Å²) in [6.45, 7) is 0. The molecule has 2 aromatic rings. The molecule has 0 aliphatic heterocycles. The fourth-order valence-electron chi connectivity index (χ4n) is 1.27. The summed E-state index contributed by atoms with van der Waals surface area (Å²) in [6, 6.07) is 3.84. The molecule has 1 aromatic carbocycles. The van der Waals surface area contributed by atoms with E-state index in [4.69, 9.17) is 10.5 Å². The highest BCUT2D eigenvalue weighted by atomic mass is 32.1. The Morgan fingerprint density at radius 2 is 2.23 bits per heavy atom. The minimum Gasteiger partial charge on any atom is -0.495 e. The molecule has 0 fully saturated rings. The van der Waals surface area contributed by atoms with Crippen molar-refractivity contribution >= 4 is 39.7 Å². The molecule has 1 aromatic heterocycles. The number of anilines is 1. The molecule has 0 radical (unpaired) electrons. The van der Waals surface area contributed by atoms with Crippen molar-refractivity contribution in [2.75, 3.05) is 12.8 Å². The molecule has 0 saturated heterocycles. The SMILES string of the molecule is COc1ccc2c(S)csc2c1N. The molecule has 0 saturated carbocycles. The van der Waals surface area contributed by atoms with Crippen LogP contribution in [0.25, 0.3) is 10.1 Å². The number of thiol groups is 1. The third-order valence-electron chi connectivity index (χ3n) is 1.94. The lowest BCUT2D eigenvalue weighted by molar-refractivity contribution is 0.417. The zero-order chi connectivity index (χ0) is 9.42. The predicted molar refractivity (Wildman–Crippen MR) is 60.0 cm³/mol. The summed E-state index contributed by atoms with van der Waals surface area (Å²) in [5, 5.41) is 3.07. The molecule has 0 unspecified atom stereocenters. The number of benzene rings is 1. The smallest absolute Gasteiger partial charge is 0.143 e. The van der Waals surface area contributed by atoms with E-state index in [9.17, 15) is 0 Å². The van der Waals surface area contributed by atoms with Crippen LogP contribution in [0, 0.1) is 0 Å². The molecule has 4 heteroatoms. The number of hydrogen-bond donors (Lipinski definition) is 2. The fraction of sp³-hybridized carbons (Fsp3) is 0.111. The second-order valence-corrected chi connectivity index (χ2v) is 4.04. The summed E-state index contributed by atoms with van der Waals surface area (Å²) in [4.78, 5) is 0.967. The summed E-state index contributed by atoms with van der Waals surface area (Å²) < 4.78 is 6.16. The number of thiophene rings is 1. The number of fused-ring (bicyclic) bond motifs is 1. The van der Waals surface area contributed by atoms with Gasteiger partial charge in [0.25, 0.3) is 0 Å². The van der Waals surface area contributed by atoms with Gasteiger partial charge in [-0.05, 0) is 12.1 Å². The first-order valence-electron chi connectivity index (χ1n) is 3.76. The maximum absolute atomic E-state index is 5.89. The van der Waals surface area contributed by atoms with Crippen LogP contribution in [0.4, 0.5) is 5.69 Å². The van der Waals surface area contributed by atoms with E-state index in [1.165, 1.54) is 0 Å². The molecule has 68 valence electrons. The second-order valence-electron chi connectivity index (χ2n) is 2.68. The van der Waals surface area contributed by atoms with Crippen molar-refractivity contribution in [1.29, 1.82) is 0 Å². The van der Waals surface area contributed by atoms with Gasteiger partial charge < -0.3 is 10.5 Å². The Morgan fingerprint density at radius 1 is 1.46 bits per heavy atom. The first-order chi connectivity index (χ1) is 6.24. The summed E-state index contributed by atoms with van der Waals surface area (Å²) in [7, 11) is 1.62. The van der Waals surface area contributed by atoms with Crippen molar-refractivity contribution in [3.63, 3.8) is 0 Å². The molecule has 0 aliphatic rings. The van der Waals surface area contributed by atoms with Crippen molar-refractivity contribution in [3.8, 4) is 5.75 Å². The largest absolute Gasteiger partial charge is 0.495 e. The van der Waals surface area contributed by atoms with Gasteiger partial charge in [0.2, 0.25) is 0 Å².